The fraction of sp³-hybridized carbons (Fsp3) is 0.409. The molecular weight excluding hydrogens is 322 g/mol. The minimum atomic E-state index is 0.172. The third-order valence-corrected chi connectivity index (χ3v) is 5.67. The fourth-order valence-corrected chi connectivity index (χ4v) is 3.69. The van der Waals surface area contributed by atoms with Crippen LogP contribution in [0.2, 0.25) is 0 Å². The van der Waals surface area contributed by atoms with Crippen molar-refractivity contribution < 1.29 is 4.79 Å². The number of carbonyl (C=O) groups is 1. The predicted octanol–water partition coefficient (Wildman–Crippen LogP) is 2.68. The zero-order valence-electron chi connectivity index (χ0n) is 15.4. The summed E-state index contributed by atoms with van der Waals surface area (Å²) in [5.74, 6) is 0.688. The monoisotopic (exact) mass is 349 g/mol. The molecule has 0 unspecified atom stereocenters. The molecule has 2 N–H and O–H groups in total. The number of hydrogen-bond acceptors (Lipinski definition) is 4. The molecule has 2 atom stereocenters. The summed E-state index contributed by atoms with van der Waals surface area (Å²) in [5.41, 5.74) is 10.3. The number of Topliss-reactive ketones (excluding diaryl/α,β-unsaturated/α-hetero) is 1. The lowest BCUT2D eigenvalue weighted by atomic mass is 10.0. The van der Waals surface area contributed by atoms with Gasteiger partial charge in [0.05, 0.1) is 0 Å². The maximum absolute atomic E-state index is 12.6. The highest BCUT2D eigenvalue weighted by Gasteiger charge is 2.34. The number of carbonyl (C=O) groups excluding carboxylic acids is 1. The minimum absolute atomic E-state index is 0.172. The van der Waals surface area contributed by atoms with Crippen LogP contribution < -0.4 is 10.6 Å². The van der Waals surface area contributed by atoms with E-state index in [1.807, 2.05) is 12.1 Å². The van der Waals surface area contributed by atoms with Crippen LogP contribution in [0.4, 0.5) is 5.69 Å². The number of piperazine rings is 1. The Hall–Kier alpha value is -2.17. The van der Waals surface area contributed by atoms with Crippen LogP contribution in [-0.2, 0) is 6.42 Å². The molecule has 2 aliphatic rings. The zero-order chi connectivity index (χ0) is 18.1. The van der Waals surface area contributed by atoms with Crippen LogP contribution in [0.5, 0.6) is 0 Å². The van der Waals surface area contributed by atoms with Gasteiger partial charge in [0, 0.05) is 55.8 Å². The largest absolute Gasteiger partial charge is 0.369 e. The van der Waals surface area contributed by atoms with Gasteiger partial charge < -0.3 is 15.5 Å². The van der Waals surface area contributed by atoms with Gasteiger partial charge in [0.1, 0.15) is 0 Å². The smallest absolute Gasteiger partial charge is 0.167 e. The van der Waals surface area contributed by atoms with Crippen LogP contribution in [0.25, 0.3) is 0 Å². The Bertz CT molecular complexity index is 761. The molecule has 1 aliphatic heterocycles. The van der Waals surface area contributed by atoms with Crippen molar-refractivity contribution in [1.29, 1.82) is 0 Å². The number of anilines is 1. The van der Waals surface area contributed by atoms with Crippen molar-refractivity contribution >= 4 is 11.5 Å². The van der Waals surface area contributed by atoms with Crippen LogP contribution in [-0.4, -0.2) is 50.0 Å². The quantitative estimate of drug-likeness (QED) is 0.843. The number of benzene rings is 2. The SMILES string of the molecule is CN1CCN(c2ccc(C(=O)Cc3ccc([C@@H]4C[C@H]4N)cc3)cc2)CC1. The van der Waals surface area contributed by atoms with Crippen molar-refractivity contribution in [2.45, 2.75) is 24.8 Å². The molecule has 136 valence electrons. The first kappa shape index (κ1) is 17.3. The van der Waals surface area contributed by atoms with Crippen molar-refractivity contribution in [2.24, 2.45) is 5.73 Å². The number of nitrogens with zero attached hydrogens (tertiary/aromatic N) is 2. The molecule has 1 saturated carbocycles. The summed E-state index contributed by atoms with van der Waals surface area (Å²) in [7, 11) is 2.16. The molecule has 26 heavy (non-hydrogen) atoms. The van der Waals surface area contributed by atoms with Crippen LogP contribution in [0.15, 0.2) is 48.5 Å². The number of likely N-dealkylation sites (N-methyl/N-ethyl adjacent to an activating group) is 1. The van der Waals surface area contributed by atoms with Gasteiger partial charge in [0.25, 0.3) is 0 Å². The van der Waals surface area contributed by atoms with Crippen molar-refractivity contribution in [3.05, 3.63) is 65.2 Å². The highest BCUT2D eigenvalue weighted by atomic mass is 16.1. The number of ketones is 1. The van der Waals surface area contributed by atoms with Crippen molar-refractivity contribution in [3.8, 4) is 0 Å². The lowest BCUT2D eigenvalue weighted by molar-refractivity contribution is 0.0993. The Morgan fingerprint density at radius 2 is 1.62 bits per heavy atom. The highest BCUT2D eigenvalue weighted by molar-refractivity contribution is 5.97. The summed E-state index contributed by atoms with van der Waals surface area (Å²) >= 11 is 0. The first-order chi connectivity index (χ1) is 12.6. The Morgan fingerprint density at radius 3 is 2.19 bits per heavy atom. The average Bonchev–Trinajstić information content (AvgIpc) is 3.40. The number of rotatable bonds is 5. The molecule has 1 heterocycles. The second kappa shape index (κ2) is 7.22. The van der Waals surface area contributed by atoms with Crippen LogP contribution in [0.1, 0.15) is 33.8 Å². The van der Waals surface area contributed by atoms with E-state index in [0.717, 1.165) is 43.7 Å². The van der Waals surface area contributed by atoms with Crippen LogP contribution in [0, 0.1) is 0 Å². The Kier molecular flexibility index (Phi) is 4.79. The second-order valence-corrected chi connectivity index (χ2v) is 7.68. The second-order valence-electron chi connectivity index (χ2n) is 7.68. The van der Waals surface area contributed by atoms with Gasteiger partial charge in [0.2, 0.25) is 0 Å². The molecule has 0 radical (unpaired) electrons. The van der Waals surface area contributed by atoms with Crippen LogP contribution >= 0.6 is 0 Å². The Labute approximate surface area is 155 Å². The minimum Gasteiger partial charge on any atom is -0.369 e. The van der Waals surface area contributed by atoms with Crippen molar-refractivity contribution in [1.82, 2.24) is 4.90 Å². The lowest BCUT2D eigenvalue weighted by Gasteiger charge is -2.34. The maximum atomic E-state index is 12.6. The zero-order valence-corrected chi connectivity index (χ0v) is 15.4. The van der Waals surface area contributed by atoms with E-state index in [1.54, 1.807) is 0 Å². The van der Waals surface area contributed by atoms with Crippen molar-refractivity contribution in [3.63, 3.8) is 0 Å². The molecule has 2 aromatic carbocycles. The summed E-state index contributed by atoms with van der Waals surface area (Å²) in [4.78, 5) is 17.3. The van der Waals surface area contributed by atoms with E-state index in [-0.39, 0.29) is 5.78 Å². The standard InChI is InChI=1S/C22H27N3O/c1-24-10-12-25(13-11-24)19-8-6-18(7-9-19)22(26)14-16-2-4-17(5-3-16)20-15-21(20)23/h2-9,20-21H,10-15,23H2,1H3/t20-,21+/m0/s1. The molecule has 0 spiro atoms. The van der Waals surface area contributed by atoms with Gasteiger partial charge in [-0.25, -0.2) is 0 Å². The van der Waals surface area contributed by atoms with Crippen LogP contribution in [0.3, 0.4) is 0 Å². The summed E-state index contributed by atoms with van der Waals surface area (Å²) in [5, 5.41) is 0. The topological polar surface area (TPSA) is 49.6 Å². The van der Waals surface area contributed by atoms with Gasteiger partial charge in [0.15, 0.2) is 5.78 Å². The molecule has 0 amide bonds. The molecule has 1 saturated heterocycles. The average molecular weight is 349 g/mol. The molecule has 0 aromatic heterocycles. The third kappa shape index (κ3) is 3.81. The summed E-state index contributed by atoms with van der Waals surface area (Å²) in [6.45, 7) is 4.26. The molecule has 1 aliphatic carbocycles. The van der Waals surface area contributed by atoms with Crippen molar-refractivity contribution in [2.75, 3.05) is 38.1 Å². The fourth-order valence-electron chi connectivity index (χ4n) is 3.69. The normalized spacial score (nSPS) is 23.1. The maximum Gasteiger partial charge on any atom is 0.167 e. The van der Waals surface area contributed by atoms with E-state index in [1.165, 1.54) is 11.3 Å². The molecule has 2 fully saturated rings. The van der Waals surface area contributed by atoms with E-state index in [2.05, 4.69) is 53.2 Å². The summed E-state index contributed by atoms with van der Waals surface area (Å²) in [6, 6.07) is 16.8. The lowest BCUT2D eigenvalue weighted by Crippen LogP contribution is -2.44. The Morgan fingerprint density at radius 1 is 1.00 bits per heavy atom. The predicted molar refractivity (Wildman–Crippen MR) is 106 cm³/mol. The molecular formula is C22H27N3O. The van der Waals surface area contributed by atoms with E-state index < -0.39 is 0 Å². The van der Waals surface area contributed by atoms with E-state index >= 15 is 0 Å². The van der Waals surface area contributed by atoms with E-state index in [4.69, 9.17) is 5.73 Å². The summed E-state index contributed by atoms with van der Waals surface area (Å²) in [6.07, 6.45) is 1.53. The van der Waals surface area contributed by atoms with E-state index in [9.17, 15) is 4.79 Å². The van der Waals surface area contributed by atoms with Gasteiger partial charge >= 0.3 is 0 Å². The molecule has 2 aromatic rings. The third-order valence-electron chi connectivity index (χ3n) is 5.67. The molecule has 0 bridgehead atoms. The van der Waals surface area contributed by atoms with Gasteiger partial charge in [-0.2, -0.15) is 0 Å². The highest BCUT2D eigenvalue weighted by Crippen LogP contribution is 2.38. The first-order valence-corrected chi connectivity index (χ1v) is 9.51. The number of nitrogens with two attached hydrogens (primary N) is 1. The van der Waals surface area contributed by atoms with Gasteiger partial charge in [-0.15, -0.1) is 0 Å². The van der Waals surface area contributed by atoms with Gasteiger partial charge in [-0.1, -0.05) is 24.3 Å². The van der Waals surface area contributed by atoms with Gasteiger partial charge in [-0.05, 0) is 48.9 Å². The van der Waals surface area contributed by atoms with E-state index in [0.29, 0.717) is 18.4 Å². The molecule has 4 heteroatoms. The Balaban J connectivity index is 1.37. The van der Waals surface area contributed by atoms with Gasteiger partial charge in [-0.3, -0.25) is 4.79 Å². The molecule has 4 rings (SSSR count). The summed E-state index contributed by atoms with van der Waals surface area (Å²) < 4.78 is 0. The molecule has 4 nitrogen and oxygen atoms in total. The first-order valence-electron chi connectivity index (χ1n) is 9.51. The number of hydrogen-bond donors (Lipinski definition) is 1.